The summed E-state index contributed by atoms with van der Waals surface area (Å²) in [6, 6.07) is 14.6. The third-order valence-electron chi connectivity index (χ3n) is 3.59. The van der Waals surface area contributed by atoms with Crippen molar-refractivity contribution in [2.24, 2.45) is 0 Å². The Balaban J connectivity index is 1.56. The van der Waals surface area contributed by atoms with E-state index in [0.717, 1.165) is 0 Å². The topological polar surface area (TPSA) is 68.7 Å². The Morgan fingerprint density at radius 1 is 1.14 bits per heavy atom. The summed E-state index contributed by atoms with van der Waals surface area (Å²) in [6.45, 7) is 1.06. The highest BCUT2D eigenvalue weighted by Crippen LogP contribution is 2.28. The van der Waals surface area contributed by atoms with Crippen molar-refractivity contribution in [2.45, 2.75) is 13.5 Å². The number of ether oxygens (including phenoxy) is 2. The molecule has 0 atom stereocenters. The van der Waals surface area contributed by atoms with Crippen LogP contribution in [0.3, 0.4) is 0 Å². The third-order valence-corrected chi connectivity index (χ3v) is 4.47. The highest BCUT2D eigenvalue weighted by atomic mass is 32.1. The molecule has 0 radical (unpaired) electrons. The second-order valence-corrected chi connectivity index (χ2v) is 6.55. The van der Waals surface area contributed by atoms with Gasteiger partial charge in [0.05, 0.1) is 11.4 Å². The maximum absolute atomic E-state index is 13.1. The number of aromatic nitrogens is 1. The van der Waals surface area contributed by atoms with Crippen molar-refractivity contribution < 1.29 is 23.5 Å². The molecule has 3 rings (SSSR count). The largest absolute Gasteiger partial charge is 0.482 e. The summed E-state index contributed by atoms with van der Waals surface area (Å²) in [5, 5.41) is 2.20. The quantitative estimate of drug-likeness (QED) is 0.559. The molecule has 0 saturated carbocycles. The number of amides is 1. The van der Waals surface area contributed by atoms with Crippen molar-refractivity contribution in [3.05, 3.63) is 71.5 Å². The van der Waals surface area contributed by atoms with Gasteiger partial charge in [-0.3, -0.25) is 9.69 Å². The molecule has 6 nitrogen and oxygen atoms in total. The first-order valence-corrected chi connectivity index (χ1v) is 9.25. The van der Waals surface area contributed by atoms with E-state index in [-0.39, 0.29) is 24.9 Å². The third kappa shape index (κ3) is 5.14. The van der Waals surface area contributed by atoms with Crippen LogP contribution in [0, 0.1) is 5.82 Å². The summed E-state index contributed by atoms with van der Waals surface area (Å²) < 4.78 is 23.4. The molecular formula is C20H17FN2O4S. The zero-order valence-corrected chi connectivity index (χ0v) is 15.8. The number of carbonyl (C=O) groups is 2. The molecule has 0 aliphatic carbocycles. The standard InChI is InChI=1S/C20H17FN2O4S/c1-14(24)23(17-7-3-2-4-8-17)20-22-16(13-28-20)11-27-19(25)12-26-18-9-5-6-15(21)10-18/h2-10,13H,11-12H2,1H3. The second kappa shape index (κ2) is 9.09. The van der Waals surface area contributed by atoms with Crippen LogP contribution in [0.25, 0.3) is 0 Å². The Morgan fingerprint density at radius 2 is 1.93 bits per heavy atom. The molecule has 0 aliphatic rings. The van der Waals surface area contributed by atoms with Gasteiger partial charge < -0.3 is 9.47 Å². The molecule has 3 aromatic rings. The maximum Gasteiger partial charge on any atom is 0.344 e. The van der Waals surface area contributed by atoms with Crippen molar-refractivity contribution in [3.8, 4) is 5.75 Å². The second-order valence-electron chi connectivity index (χ2n) is 5.72. The summed E-state index contributed by atoms with van der Waals surface area (Å²) in [5.74, 6) is -0.986. The number of nitrogens with zero attached hydrogens (tertiary/aromatic N) is 2. The van der Waals surface area contributed by atoms with Crippen LogP contribution >= 0.6 is 11.3 Å². The van der Waals surface area contributed by atoms with E-state index in [2.05, 4.69) is 4.98 Å². The number of esters is 1. The molecule has 2 aromatic carbocycles. The number of hydrogen-bond donors (Lipinski definition) is 0. The fourth-order valence-electron chi connectivity index (χ4n) is 2.36. The van der Waals surface area contributed by atoms with Crippen molar-refractivity contribution in [1.82, 2.24) is 4.98 Å². The first kappa shape index (κ1) is 19.5. The molecule has 144 valence electrons. The van der Waals surface area contributed by atoms with E-state index in [9.17, 15) is 14.0 Å². The number of halogens is 1. The minimum Gasteiger partial charge on any atom is -0.482 e. The van der Waals surface area contributed by atoms with E-state index in [1.165, 1.54) is 41.4 Å². The molecule has 0 aliphatic heterocycles. The molecule has 0 spiro atoms. The lowest BCUT2D eigenvalue weighted by Gasteiger charge is -2.17. The van der Waals surface area contributed by atoms with Crippen LogP contribution in [0.4, 0.5) is 15.2 Å². The SMILES string of the molecule is CC(=O)N(c1ccccc1)c1nc(COC(=O)COc2cccc(F)c2)cs1. The zero-order chi connectivity index (χ0) is 19.9. The van der Waals surface area contributed by atoms with E-state index in [0.29, 0.717) is 16.5 Å². The average molecular weight is 400 g/mol. The Labute approximate surface area is 165 Å². The molecular weight excluding hydrogens is 383 g/mol. The van der Waals surface area contributed by atoms with Crippen LogP contribution < -0.4 is 9.64 Å². The van der Waals surface area contributed by atoms with Gasteiger partial charge in [-0.1, -0.05) is 24.3 Å². The van der Waals surface area contributed by atoms with Gasteiger partial charge in [-0.05, 0) is 24.3 Å². The lowest BCUT2D eigenvalue weighted by atomic mass is 10.3. The lowest BCUT2D eigenvalue weighted by molar-refractivity contribution is -0.147. The Morgan fingerprint density at radius 3 is 2.64 bits per heavy atom. The maximum atomic E-state index is 13.1. The van der Waals surface area contributed by atoms with Gasteiger partial charge in [-0.25, -0.2) is 14.2 Å². The molecule has 28 heavy (non-hydrogen) atoms. The van der Waals surface area contributed by atoms with E-state index >= 15 is 0 Å². The van der Waals surface area contributed by atoms with Gasteiger partial charge in [-0.2, -0.15) is 0 Å². The minimum absolute atomic E-state index is 0.0532. The Bertz CT molecular complexity index is 962. The van der Waals surface area contributed by atoms with Gasteiger partial charge in [0.1, 0.15) is 18.2 Å². The van der Waals surface area contributed by atoms with Crippen LogP contribution in [0.5, 0.6) is 5.75 Å². The van der Waals surface area contributed by atoms with E-state index in [1.807, 2.05) is 30.3 Å². The van der Waals surface area contributed by atoms with Gasteiger partial charge in [0, 0.05) is 18.4 Å². The van der Waals surface area contributed by atoms with Crippen LogP contribution in [0.1, 0.15) is 12.6 Å². The molecule has 1 aromatic heterocycles. The van der Waals surface area contributed by atoms with Gasteiger partial charge in [0.2, 0.25) is 5.91 Å². The molecule has 1 heterocycles. The molecule has 0 bridgehead atoms. The van der Waals surface area contributed by atoms with Crippen LogP contribution in [0.15, 0.2) is 60.0 Å². The van der Waals surface area contributed by atoms with Crippen LogP contribution in [-0.2, 0) is 20.9 Å². The van der Waals surface area contributed by atoms with Gasteiger partial charge in [-0.15, -0.1) is 11.3 Å². The molecule has 0 N–H and O–H groups in total. The predicted octanol–water partition coefficient (Wildman–Crippen LogP) is 4.09. The summed E-state index contributed by atoms with van der Waals surface area (Å²) >= 11 is 1.27. The minimum atomic E-state index is -0.606. The fraction of sp³-hybridized carbons (Fsp3) is 0.150. The normalized spacial score (nSPS) is 10.4. The van der Waals surface area contributed by atoms with Gasteiger partial charge in [0.25, 0.3) is 0 Å². The molecule has 1 amide bonds. The summed E-state index contributed by atoms with van der Waals surface area (Å²) in [4.78, 5) is 29.7. The smallest absolute Gasteiger partial charge is 0.344 e. The number of rotatable bonds is 7. The van der Waals surface area contributed by atoms with Crippen molar-refractivity contribution in [2.75, 3.05) is 11.5 Å². The molecule has 0 saturated heterocycles. The first-order valence-electron chi connectivity index (χ1n) is 8.37. The van der Waals surface area contributed by atoms with Gasteiger partial charge >= 0.3 is 5.97 Å². The summed E-state index contributed by atoms with van der Waals surface area (Å²) in [6.07, 6.45) is 0. The number of carbonyl (C=O) groups excluding carboxylic acids is 2. The molecule has 0 fully saturated rings. The summed E-state index contributed by atoms with van der Waals surface area (Å²) in [5.41, 5.74) is 1.22. The number of thiazole rings is 1. The fourth-order valence-corrected chi connectivity index (χ4v) is 3.24. The monoisotopic (exact) mass is 400 g/mol. The van der Waals surface area contributed by atoms with Crippen LogP contribution in [-0.4, -0.2) is 23.5 Å². The zero-order valence-electron chi connectivity index (χ0n) is 15.0. The van der Waals surface area contributed by atoms with Crippen molar-refractivity contribution >= 4 is 34.0 Å². The molecule has 8 heteroatoms. The van der Waals surface area contributed by atoms with E-state index < -0.39 is 11.8 Å². The Kier molecular flexibility index (Phi) is 6.33. The number of benzene rings is 2. The molecule has 0 unspecified atom stereocenters. The van der Waals surface area contributed by atoms with Gasteiger partial charge in [0.15, 0.2) is 11.7 Å². The lowest BCUT2D eigenvalue weighted by Crippen LogP contribution is -2.22. The van der Waals surface area contributed by atoms with E-state index in [1.54, 1.807) is 11.4 Å². The average Bonchev–Trinajstić information content (AvgIpc) is 3.14. The van der Waals surface area contributed by atoms with Crippen LogP contribution in [0.2, 0.25) is 0 Å². The highest BCUT2D eigenvalue weighted by Gasteiger charge is 2.18. The number of hydrogen-bond acceptors (Lipinski definition) is 6. The number of anilines is 2. The highest BCUT2D eigenvalue weighted by molar-refractivity contribution is 7.14. The predicted molar refractivity (Wildman–Crippen MR) is 103 cm³/mol. The first-order chi connectivity index (χ1) is 13.5. The van der Waals surface area contributed by atoms with Crippen molar-refractivity contribution in [1.29, 1.82) is 0 Å². The Hall–Kier alpha value is -3.26. The number of para-hydroxylation sites is 1. The van der Waals surface area contributed by atoms with Crippen molar-refractivity contribution in [3.63, 3.8) is 0 Å². The van der Waals surface area contributed by atoms with E-state index in [4.69, 9.17) is 9.47 Å². The summed E-state index contributed by atoms with van der Waals surface area (Å²) in [7, 11) is 0.